The first kappa shape index (κ1) is 30.2. The summed E-state index contributed by atoms with van der Waals surface area (Å²) in [6.07, 6.45) is 2.91. The van der Waals surface area contributed by atoms with E-state index in [-0.39, 0.29) is 52.8 Å². The summed E-state index contributed by atoms with van der Waals surface area (Å²) in [7, 11) is 3.86. The number of likely N-dealkylation sites (N-methyl/N-ethyl adjacent to an activating group) is 1. The zero-order valence-corrected chi connectivity index (χ0v) is 26.4. The number of fused-ring (bicyclic) bond motifs is 2. The Balaban J connectivity index is 1.50. The zero-order chi connectivity index (χ0) is 31.3. The van der Waals surface area contributed by atoms with Gasteiger partial charge in [-0.1, -0.05) is 30.3 Å². The lowest BCUT2D eigenvalue weighted by atomic mass is 9.96. The van der Waals surface area contributed by atoms with E-state index in [1.165, 1.54) is 6.08 Å². The van der Waals surface area contributed by atoms with E-state index in [0.717, 1.165) is 23.0 Å². The minimum atomic E-state index is -0.562. The summed E-state index contributed by atoms with van der Waals surface area (Å²) in [5.41, 5.74) is 2.65. The molecule has 0 saturated carbocycles. The number of aryl methyl sites for hydroxylation is 2. The van der Waals surface area contributed by atoms with Gasteiger partial charge in [0.25, 0.3) is 0 Å². The number of ether oxygens (including phenoxy) is 2. The maximum Gasteiger partial charge on any atom is 0.319 e. The van der Waals surface area contributed by atoms with E-state index in [1.54, 1.807) is 21.8 Å². The number of hydrogen-bond donors (Lipinski definition) is 0. The number of hydrogen-bond acceptors (Lipinski definition) is 8. The number of carbonyl (C=O) groups is 1. The molecule has 44 heavy (non-hydrogen) atoms. The number of aromatic nitrogens is 4. The number of halogens is 2. The second-order valence-electron chi connectivity index (χ2n) is 11.8. The molecule has 2 aromatic heterocycles. The van der Waals surface area contributed by atoms with Crippen molar-refractivity contribution in [2.24, 2.45) is 7.05 Å². The van der Waals surface area contributed by atoms with Crippen molar-refractivity contribution in [1.82, 2.24) is 29.5 Å². The highest BCUT2D eigenvalue weighted by Crippen LogP contribution is 2.43. The Bertz CT molecular complexity index is 1760. The number of piperazine rings is 1. The molecule has 0 unspecified atom stereocenters. The molecule has 2 saturated heterocycles. The number of morpholine rings is 1. The molecule has 10 nitrogen and oxygen atoms in total. The lowest BCUT2D eigenvalue weighted by Crippen LogP contribution is -2.58. The molecule has 4 aromatic rings. The van der Waals surface area contributed by atoms with Gasteiger partial charge >= 0.3 is 6.01 Å². The Hall–Kier alpha value is -3.80. The fraction of sp³-hybridized carbons (Fsp3) is 0.438. The van der Waals surface area contributed by atoms with Gasteiger partial charge in [-0.05, 0) is 45.5 Å². The molecule has 232 valence electrons. The minimum Gasteiger partial charge on any atom is -0.461 e. The lowest BCUT2D eigenvalue weighted by molar-refractivity contribution is -0.128. The fourth-order valence-electron chi connectivity index (χ4n) is 6.34. The summed E-state index contributed by atoms with van der Waals surface area (Å²) in [6, 6.07) is 5.42. The smallest absolute Gasteiger partial charge is 0.319 e. The van der Waals surface area contributed by atoms with E-state index in [1.807, 2.05) is 47.0 Å². The van der Waals surface area contributed by atoms with Crippen molar-refractivity contribution in [3.8, 4) is 17.1 Å². The molecule has 0 aliphatic carbocycles. The summed E-state index contributed by atoms with van der Waals surface area (Å²) >= 11 is 6.95. The number of amides is 1. The average molecular weight is 622 g/mol. The number of rotatable bonds is 6. The largest absolute Gasteiger partial charge is 0.461 e. The third-order valence-corrected chi connectivity index (χ3v) is 8.96. The molecule has 3 atom stereocenters. The van der Waals surface area contributed by atoms with Gasteiger partial charge in [0, 0.05) is 67.2 Å². The van der Waals surface area contributed by atoms with Crippen LogP contribution in [0.3, 0.4) is 0 Å². The molecule has 2 aromatic carbocycles. The second kappa shape index (κ2) is 11.9. The highest BCUT2D eigenvalue weighted by molar-refractivity contribution is 6.35. The Morgan fingerprint density at radius 1 is 1.18 bits per heavy atom. The maximum absolute atomic E-state index is 16.9. The van der Waals surface area contributed by atoms with Crippen LogP contribution in [0.25, 0.3) is 32.9 Å². The van der Waals surface area contributed by atoms with E-state index in [4.69, 9.17) is 26.1 Å². The van der Waals surface area contributed by atoms with Crippen molar-refractivity contribution in [1.29, 1.82) is 0 Å². The second-order valence-corrected chi connectivity index (χ2v) is 12.3. The molecular weight excluding hydrogens is 585 g/mol. The van der Waals surface area contributed by atoms with Crippen LogP contribution < -0.4 is 9.64 Å². The fourth-order valence-corrected chi connectivity index (χ4v) is 6.62. The predicted molar refractivity (Wildman–Crippen MR) is 170 cm³/mol. The Morgan fingerprint density at radius 2 is 1.98 bits per heavy atom. The highest BCUT2D eigenvalue weighted by atomic mass is 35.5. The van der Waals surface area contributed by atoms with E-state index >= 15 is 4.39 Å². The molecule has 1 amide bonds. The van der Waals surface area contributed by atoms with Crippen LogP contribution in [-0.2, 0) is 16.6 Å². The highest BCUT2D eigenvalue weighted by Gasteiger charge is 2.34. The first-order valence-electron chi connectivity index (χ1n) is 14.8. The summed E-state index contributed by atoms with van der Waals surface area (Å²) < 4.78 is 30.7. The summed E-state index contributed by atoms with van der Waals surface area (Å²) in [5, 5.41) is 5.98. The molecule has 0 radical (unpaired) electrons. The van der Waals surface area contributed by atoms with Crippen LogP contribution in [0, 0.1) is 12.7 Å². The molecule has 2 aliphatic rings. The SMILES string of the molecule is C=CC(=O)N1C[C@H](C)N(c2nc(OC[C@H]3CN(C)CCO3)nc3c(F)c(-c4c(C)ccc5cnn(C)c45)c(Cl)cc23)C[C@H]1C. The molecule has 2 fully saturated rings. The topological polar surface area (TPSA) is 88.8 Å². The average Bonchev–Trinajstić information content (AvgIpc) is 3.38. The van der Waals surface area contributed by atoms with Gasteiger partial charge in [0.1, 0.15) is 24.0 Å². The van der Waals surface area contributed by atoms with E-state index in [2.05, 4.69) is 26.5 Å². The third kappa shape index (κ3) is 5.37. The van der Waals surface area contributed by atoms with Gasteiger partial charge in [-0.2, -0.15) is 15.1 Å². The molecule has 0 bridgehead atoms. The molecule has 2 aliphatic heterocycles. The summed E-state index contributed by atoms with van der Waals surface area (Å²) in [6.45, 7) is 12.9. The van der Waals surface area contributed by atoms with Crippen molar-refractivity contribution in [3.05, 3.63) is 53.5 Å². The number of carbonyl (C=O) groups excluding carboxylic acids is 1. The van der Waals surface area contributed by atoms with E-state index in [9.17, 15) is 4.79 Å². The predicted octanol–water partition coefficient (Wildman–Crippen LogP) is 4.61. The Labute approximate surface area is 261 Å². The van der Waals surface area contributed by atoms with E-state index < -0.39 is 5.82 Å². The van der Waals surface area contributed by atoms with Gasteiger partial charge in [0.2, 0.25) is 5.91 Å². The Kier molecular flexibility index (Phi) is 8.21. The van der Waals surface area contributed by atoms with Gasteiger partial charge in [-0.25, -0.2) is 4.39 Å². The maximum atomic E-state index is 16.9. The first-order chi connectivity index (χ1) is 21.1. The van der Waals surface area contributed by atoms with Crippen LogP contribution in [0.4, 0.5) is 10.2 Å². The molecule has 12 heteroatoms. The third-order valence-electron chi connectivity index (χ3n) is 8.66. The zero-order valence-electron chi connectivity index (χ0n) is 25.7. The monoisotopic (exact) mass is 621 g/mol. The van der Waals surface area contributed by atoms with Crippen LogP contribution in [0.5, 0.6) is 6.01 Å². The van der Waals surface area contributed by atoms with Crippen LogP contribution in [-0.4, -0.2) is 100 Å². The molecule has 4 heterocycles. The van der Waals surface area contributed by atoms with Gasteiger partial charge < -0.3 is 24.2 Å². The first-order valence-corrected chi connectivity index (χ1v) is 15.2. The molecule has 0 spiro atoms. The minimum absolute atomic E-state index is 0.0522. The molecule has 0 N–H and O–H groups in total. The molecule has 6 rings (SSSR count). The number of nitrogens with zero attached hydrogens (tertiary/aromatic N) is 7. The number of benzene rings is 2. The van der Waals surface area contributed by atoms with Crippen LogP contribution in [0.15, 0.2) is 37.1 Å². The summed E-state index contributed by atoms with van der Waals surface area (Å²) in [5.74, 6) is -0.191. The van der Waals surface area contributed by atoms with Crippen molar-refractivity contribution < 1.29 is 18.7 Å². The lowest BCUT2D eigenvalue weighted by Gasteiger charge is -2.44. The van der Waals surface area contributed by atoms with Gasteiger partial charge in [-0.15, -0.1) is 0 Å². The van der Waals surface area contributed by atoms with Crippen molar-refractivity contribution in [2.75, 3.05) is 51.3 Å². The van der Waals surface area contributed by atoms with Crippen molar-refractivity contribution in [2.45, 2.75) is 39.0 Å². The number of anilines is 1. The van der Waals surface area contributed by atoms with Crippen molar-refractivity contribution in [3.63, 3.8) is 0 Å². The van der Waals surface area contributed by atoms with E-state index in [0.29, 0.717) is 43.0 Å². The van der Waals surface area contributed by atoms with Crippen molar-refractivity contribution >= 4 is 45.1 Å². The molecular formula is C32H37ClFN7O3. The van der Waals surface area contributed by atoms with Gasteiger partial charge in [0.15, 0.2) is 5.82 Å². The standard InChI is InChI=1S/C32H37ClFN7O3/c1-7-25(42)40-14-20(4)41(15-19(40)3)31-23-12-24(33)27(26-18(2)8-9-21-13-35-39(6)30(21)26)28(34)29(23)36-32(37-31)44-17-22-16-38(5)10-11-43-22/h7-9,12-13,19-20,22H,1,10-11,14-17H2,2-6H3/t19-,20+,22-/m1/s1. The Morgan fingerprint density at radius 3 is 2.73 bits per heavy atom. The van der Waals surface area contributed by atoms with Gasteiger partial charge in [0.05, 0.1) is 23.3 Å². The van der Waals surface area contributed by atoms with Crippen LogP contribution in [0.2, 0.25) is 5.02 Å². The van der Waals surface area contributed by atoms with Crippen LogP contribution in [0.1, 0.15) is 19.4 Å². The summed E-state index contributed by atoms with van der Waals surface area (Å²) in [4.78, 5) is 28.0. The van der Waals surface area contributed by atoms with Crippen LogP contribution >= 0.6 is 11.6 Å². The quantitative estimate of drug-likeness (QED) is 0.289. The normalized spacial score (nSPS) is 21.3. The van der Waals surface area contributed by atoms with Gasteiger partial charge in [-0.3, -0.25) is 9.48 Å².